The molecule has 28 heavy (non-hydrogen) atoms. The van der Waals surface area contributed by atoms with Crippen molar-refractivity contribution >= 4 is 28.6 Å². The number of allylic oxidation sites excluding steroid dienone is 1. The molecule has 0 saturated carbocycles. The van der Waals surface area contributed by atoms with Crippen LogP contribution in [0.15, 0.2) is 52.6 Å². The summed E-state index contributed by atoms with van der Waals surface area (Å²) in [6.45, 7) is 8.34. The van der Waals surface area contributed by atoms with Gasteiger partial charge in [-0.1, -0.05) is 43.0 Å². The molecule has 0 atom stereocenters. The van der Waals surface area contributed by atoms with Gasteiger partial charge in [0.1, 0.15) is 5.58 Å². The molecule has 2 aromatic heterocycles. The van der Waals surface area contributed by atoms with Gasteiger partial charge in [-0.2, -0.15) is 0 Å². The molecule has 0 radical (unpaired) electrons. The average Bonchev–Trinajstić information content (AvgIpc) is 3.30. The number of piperidine rings is 1. The lowest BCUT2D eigenvalue weighted by molar-refractivity contribution is -0.129. The van der Waals surface area contributed by atoms with Crippen molar-refractivity contribution in [1.82, 2.24) is 19.7 Å². The van der Waals surface area contributed by atoms with E-state index in [-0.39, 0.29) is 5.91 Å². The summed E-state index contributed by atoms with van der Waals surface area (Å²) in [6.07, 6.45) is 3.96. The largest absolute Gasteiger partial charge is 0.453 e. The molecule has 6 nitrogen and oxygen atoms in total. The molecule has 7 heteroatoms. The molecule has 1 aliphatic heterocycles. The Bertz CT molecular complexity index is 952. The Morgan fingerprint density at radius 3 is 2.86 bits per heavy atom. The predicted molar refractivity (Wildman–Crippen MR) is 111 cm³/mol. The third-order valence-electron chi connectivity index (χ3n) is 5.14. The fourth-order valence-electron chi connectivity index (χ4n) is 3.44. The maximum Gasteiger partial charge on any atom is 0.233 e. The van der Waals surface area contributed by atoms with Crippen molar-refractivity contribution in [3.05, 3.63) is 43.0 Å². The third kappa shape index (κ3) is 3.85. The Labute approximate surface area is 168 Å². The van der Waals surface area contributed by atoms with Crippen LogP contribution in [0.1, 0.15) is 19.8 Å². The number of aromatic nitrogens is 3. The van der Waals surface area contributed by atoms with Gasteiger partial charge in [0.25, 0.3) is 0 Å². The smallest absolute Gasteiger partial charge is 0.233 e. The number of benzene rings is 1. The Kier molecular flexibility index (Phi) is 5.52. The fraction of sp³-hybridized carbons (Fsp3) is 0.381. The van der Waals surface area contributed by atoms with Gasteiger partial charge in [0.15, 0.2) is 10.9 Å². The summed E-state index contributed by atoms with van der Waals surface area (Å²) in [5.41, 5.74) is 0.814. The number of amides is 1. The molecule has 1 amide bonds. The zero-order valence-corrected chi connectivity index (χ0v) is 16.8. The molecule has 1 fully saturated rings. The highest BCUT2D eigenvalue weighted by atomic mass is 32.2. The molecular formula is C21H24N4O2S. The molecule has 0 aliphatic carbocycles. The fourth-order valence-corrected chi connectivity index (χ4v) is 4.29. The van der Waals surface area contributed by atoms with Crippen LogP contribution in [-0.4, -0.2) is 44.4 Å². The maximum atomic E-state index is 12.6. The molecule has 3 aromatic rings. The number of furan rings is 1. The van der Waals surface area contributed by atoms with Crippen molar-refractivity contribution in [2.45, 2.75) is 31.5 Å². The standard InChI is InChI=1S/C21H24N4O2S/c1-3-10-25-20(18-13-16-6-4-5-7-17(16)27-18)22-23-21(25)28-14-19(26)24-11-8-15(2)9-12-24/h3-7,13,15H,1,8-12,14H2,2H3. The molecule has 0 bridgehead atoms. The molecule has 3 heterocycles. The summed E-state index contributed by atoms with van der Waals surface area (Å²) in [5, 5.41) is 10.4. The summed E-state index contributed by atoms with van der Waals surface area (Å²) in [5.74, 6) is 2.55. The van der Waals surface area contributed by atoms with E-state index in [9.17, 15) is 4.79 Å². The van der Waals surface area contributed by atoms with E-state index in [0.717, 1.165) is 36.9 Å². The number of carbonyl (C=O) groups is 1. The number of hydrogen-bond acceptors (Lipinski definition) is 5. The van der Waals surface area contributed by atoms with Crippen LogP contribution in [0, 0.1) is 5.92 Å². The van der Waals surface area contributed by atoms with Crippen LogP contribution in [0.25, 0.3) is 22.6 Å². The molecule has 0 spiro atoms. The first-order chi connectivity index (χ1) is 13.7. The first-order valence-corrected chi connectivity index (χ1v) is 10.6. The molecule has 1 aromatic carbocycles. The molecular weight excluding hydrogens is 372 g/mol. The average molecular weight is 397 g/mol. The van der Waals surface area contributed by atoms with Crippen molar-refractivity contribution in [3.63, 3.8) is 0 Å². The summed E-state index contributed by atoms with van der Waals surface area (Å²) < 4.78 is 7.89. The lowest BCUT2D eigenvalue weighted by Gasteiger charge is -2.30. The highest BCUT2D eigenvalue weighted by Crippen LogP contribution is 2.29. The number of rotatable bonds is 6. The number of likely N-dealkylation sites (tertiary alicyclic amines) is 1. The van der Waals surface area contributed by atoms with Crippen LogP contribution in [0.3, 0.4) is 0 Å². The van der Waals surface area contributed by atoms with Gasteiger partial charge in [0, 0.05) is 25.0 Å². The van der Waals surface area contributed by atoms with Gasteiger partial charge in [-0.15, -0.1) is 16.8 Å². The Morgan fingerprint density at radius 1 is 1.32 bits per heavy atom. The minimum absolute atomic E-state index is 0.162. The van der Waals surface area contributed by atoms with Crippen molar-refractivity contribution in [2.24, 2.45) is 5.92 Å². The summed E-state index contributed by atoms with van der Waals surface area (Å²) in [6, 6.07) is 9.82. The SMILES string of the molecule is C=CCn1c(SCC(=O)N2CCC(C)CC2)nnc1-c1cc2ccccc2o1. The van der Waals surface area contributed by atoms with Crippen LogP contribution in [0.4, 0.5) is 0 Å². The molecule has 0 unspecified atom stereocenters. The minimum atomic E-state index is 0.162. The second-order valence-electron chi connectivity index (χ2n) is 7.21. The van der Waals surface area contributed by atoms with Gasteiger partial charge in [-0.3, -0.25) is 9.36 Å². The van der Waals surface area contributed by atoms with Crippen LogP contribution >= 0.6 is 11.8 Å². The monoisotopic (exact) mass is 396 g/mol. The molecule has 1 aliphatic rings. The van der Waals surface area contributed by atoms with Gasteiger partial charge in [0.05, 0.1) is 5.75 Å². The van der Waals surface area contributed by atoms with E-state index in [2.05, 4.69) is 23.7 Å². The predicted octanol–water partition coefficient (Wildman–Crippen LogP) is 4.23. The molecule has 0 N–H and O–H groups in total. The van der Waals surface area contributed by atoms with Crippen LogP contribution in [0.2, 0.25) is 0 Å². The zero-order valence-electron chi connectivity index (χ0n) is 16.0. The zero-order chi connectivity index (χ0) is 19.5. The summed E-state index contributed by atoms with van der Waals surface area (Å²) >= 11 is 1.42. The van der Waals surface area contributed by atoms with Crippen LogP contribution in [0.5, 0.6) is 0 Å². The van der Waals surface area contributed by atoms with Gasteiger partial charge in [0.2, 0.25) is 11.7 Å². The van der Waals surface area contributed by atoms with Gasteiger partial charge >= 0.3 is 0 Å². The second-order valence-corrected chi connectivity index (χ2v) is 8.15. The number of nitrogens with zero attached hydrogens (tertiary/aromatic N) is 4. The van der Waals surface area contributed by atoms with E-state index in [1.807, 2.05) is 39.8 Å². The third-order valence-corrected chi connectivity index (χ3v) is 6.09. The number of fused-ring (bicyclic) bond motifs is 1. The van der Waals surface area contributed by atoms with E-state index in [0.29, 0.717) is 35.0 Å². The number of para-hydroxylation sites is 1. The first kappa shape index (κ1) is 18.8. The first-order valence-electron chi connectivity index (χ1n) is 9.59. The minimum Gasteiger partial charge on any atom is -0.453 e. The van der Waals surface area contributed by atoms with Crippen molar-refractivity contribution < 1.29 is 9.21 Å². The Balaban J connectivity index is 1.51. The lowest BCUT2D eigenvalue weighted by atomic mass is 9.99. The van der Waals surface area contributed by atoms with Gasteiger partial charge in [-0.25, -0.2) is 0 Å². The number of hydrogen-bond donors (Lipinski definition) is 0. The summed E-state index contributed by atoms with van der Waals surface area (Å²) in [4.78, 5) is 14.5. The van der Waals surface area contributed by atoms with E-state index in [1.165, 1.54) is 11.8 Å². The van der Waals surface area contributed by atoms with Gasteiger partial charge < -0.3 is 9.32 Å². The summed E-state index contributed by atoms with van der Waals surface area (Å²) in [7, 11) is 0. The van der Waals surface area contributed by atoms with Crippen molar-refractivity contribution in [3.8, 4) is 11.6 Å². The van der Waals surface area contributed by atoms with Crippen molar-refractivity contribution in [1.29, 1.82) is 0 Å². The quantitative estimate of drug-likeness (QED) is 0.461. The molecule has 146 valence electrons. The van der Waals surface area contributed by atoms with E-state index >= 15 is 0 Å². The Hall–Kier alpha value is -2.54. The van der Waals surface area contributed by atoms with Crippen LogP contribution in [-0.2, 0) is 11.3 Å². The highest BCUT2D eigenvalue weighted by molar-refractivity contribution is 7.99. The lowest BCUT2D eigenvalue weighted by Crippen LogP contribution is -2.38. The van der Waals surface area contributed by atoms with E-state index < -0.39 is 0 Å². The number of carbonyl (C=O) groups excluding carboxylic acids is 1. The maximum absolute atomic E-state index is 12.6. The normalized spacial score (nSPS) is 15.2. The van der Waals surface area contributed by atoms with Crippen LogP contribution < -0.4 is 0 Å². The Morgan fingerprint density at radius 2 is 2.11 bits per heavy atom. The van der Waals surface area contributed by atoms with E-state index in [4.69, 9.17) is 4.42 Å². The topological polar surface area (TPSA) is 64.2 Å². The second kappa shape index (κ2) is 8.22. The van der Waals surface area contributed by atoms with Crippen molar-refractivity contribution in [2.75, 3.05) is 18.8 Å². The molecule has 4 rings (SSSR count). The molecule has 1 saturated heterocycles. The number of thioether (sulfide) groups is 1. The van der Waals surface area contributed by atoms with Gasteiger partial charge in [-0.05, 0) is 30.9 Å². The highest BCUT2D eigenvalue weighted by Gasteiger charge is 2.22. The van der Waals surface area contributed by atoms with E-state index in [1.54, 1.807) is 6.08 Å².